The lowest BCUT2D eigenvalue weighted by Crippen LogP contribution is -2.15. The van der Waals surface area contributed by atoms with Crippen molar-refractivity contribution in [1.29, 1.82) is 0 Å². The molecule has 0 atom stereocenters. The van der Waals surface area contributed by atoms with Crippen molar-refractivity contribution in [3.8, 4) is 55.9 Å². The van der Waals surface area contributed by atoms with Crippen molar-refractivity contribution < 1.29 is 0 Å². The summed E-state index contributed by atoms with van der Waals surface area (Å²) in [4.78, 5) is 5.26. The molecule has 0 saturated carbocycles. The third kappa shape index (κ3) is 7.12. The molecule has 0 saturated heterocycles. The van der Waals surface area contributed by atoms with Gasteiger partial charge < -0.3 is 9.13 Å². The first kappa shape index (κ1) is 45.9. The zero-order chi connectivity index (χ0) is 52.0. The van der Waals surface area contributed by atoms with Crippen LogP contribution in [0.25, 0.3) is 99.5 Å². The summed E-state index contributed by atoms with van der Waals surface area (Å²) >= 11 is 0. The van der Waals surface area contributed by atoms with E-state index in [0.717, 1.165) is 5.69 Å². The average Bonchev–Trinajstić information content (AvgIpc) is 4.27. The van der Waals surface area contributed by atoms with Crippen LogP contribution in [0.15, 0.2) is 311 Å². The van der Waals surface area contributed by atoms with Crippen LogP contribution in [0.4, 0.5) is 0 Å². The van der Waals surface area contributed by atoms with Crippen LogP contribution in [0, 0.1) is 0 Å². The fourth-order valence-electron chi connectivity index (χ4n) is 12.9. The first-order valence-electron chi connectivity index (χ1n) is 27.1. The molecule has 0 aliphatic heterocycles. The van der Waals surface area contributed by atoms with Crippen LogP contribution in [0.1, 0.15) is 25.0 Å². The molecule has 2 aromatic heterocycles. The van der Waals surface area contributed by atoms with Gasteiger partial charge in [-0.1, -0.05) is 184 Å². The van der Waals surface area contributed by atoms with Gasteiger partial charge >= 0.3 is 0 Å². The number of fused-ring (bicyclic) bond motifs is 9. The predicted octanol–water partition coefficient (Wildman–Crippen LogP) is 20.5. The fraction of sp³-hybridized carbons (Fsp3) is 0.0400. The summed E-state index contributed by atoms with van der Waals surface area (Å²) in [7, 11) is -1.81. The van der Waals surface area contributed by atoms with Gasteiger partial charge in [0.05, 0.1) is 22.1 Å². The topological polar surface area (TPSA) is 9.86 Å². The van der Waals surface area contributed by atoms with E-state index in [9.17, 15) is 0 Å². The van der Waals surface area contributed by atoms with Gasteiger partial charge in [0.15, 0.2) is 0 Å². The number of aromatic nitrogens is 2. The SMILES string of the molecule is CC1(C)c2cc(-c3ccc4c(c3)c3ccccc3n4-c3ccc(S(c4ccccc4)(c4ccccc4)c4ccccc4)cc3)ccc2-c2ccc(-n3c4ccc(-c5ccccc5)cc4c4cc(-c5ccccc5)ccc43)cc21. The summed E-state index contributed by atoms with van der Waals surface area (Å²) in [5, 5.41) is 5.00. The van der Waals surface area contributed by atoms with Gasteiger partial charge in [-0.3, -0.25) is 0 Å². The third-order valence-electron chi connectivity index (χ3n) is 16.6. The molecule has 0 spiro atoms. The Hall–Kier alpha value is -9.41. The summed E-state index contributed by atoms with van der Waals surface area (Å²) in [5.74, 6) is 0. The van der Waals surface area contributed by atoms with E-state index in [1.165, 1.54) is 125 Å². The van der Waals surface area contributed by atoms with E-state index in [2.05, 4.69) is 314 Å². The molecule has 1 aliphatic rings. The molecule has 0 amide bonds. The molecular formula is C75H54N2S. The molecule has 15 rings (SSSR count). The second-order valence-corrected chi connectivity index (χ2v) is 24.4. The quantitative estimate of drug-likeness (QED) is 0.136. The number of hydrogen-bond donors (Lipinski definition) is 0. The van der Waals surface area contributed by atoms with Crippen molar-refractivity contribution in [3.63, 3.8) is 0 Å². The molecule has 0 unspecified atom stereocenters. The predicted molar refractivity (Wildman–Crippen MR) is 329 cm³/mol. The van der Waals surface area contributed by atoms with Crippen molar-refractivity contribution in [3.05, 3.63) is 302 Å². The zero-order valence-corrected chi connectivity index (χ0v) is 44.3. The first-order chi connectivity index (χ1) is 38.4. The molecule has 370 valence electrons. The highest BCUT2D eigenvalue weighted by molar-refractivity contribution is 8.34. The maximum absolute atomic E-state index is 2.48. The number of para-hydroxylation sites is 1. The Morgan fingerprint density at radius 1 is 0.256 bits per heavy atom. The van der Waals surface area contributed by atoms with Gasteiger partial charge in [0.25, 0.3) is 0 Å². The molecule has 78 heavy (non-hydrogen) atoms. The van der Waals surface area contributed by atoms with E-state index in [4.69, 9.17) is 0 Å². The monoisotopic (exact) mass is 1010 g/mol. The Morgan fingerprint density at radius 3 is 1.12 bits per heavy atom. The molecular weight excluding hydrogens is 961 g/mol. The van der Waals surface area contributed by atoms with Gasteiger partial charge in [0, 0.05) is 57.9 Å². The molecule has 0 N–H and O–H groups in total. The fourth-order valence-corrected chi connectivity index (χ4v) is 16.8. The van der Waals surface area contributed by atoms with Crippen molar-refractivity contribution in [2.75, 3.05) is 0 Å². The van der Waals surface area contributed by atoms with Gasteiger partial charge in [-0.05, 0) is 177 Å². The molecule has 0 bridgehead atoms. The van der Waals surface area contributed by atoms with E-state index >= 15 is 0 Å². The molecule has 3 heteroatoms. The Kier molecular flexibility index (Phi) is 10.7. The van der Waals surface area contributed by atoms with E-state index in [0.29, 0.717) is 0 Å². The first-order valence-corrected chi connectivity index (χ1v) is 28.7. The minimum absolute atomic E-state index is 0.233. The maximum atomic E-state index is 2.48. The molecule has 0 fully saturated rings. The van der Waals surface area contributed by atoms with Crippen molar-refractivity contribution in [2.24, 2.45) is 0 Å². The van der Waals surface area contributed by atoms with Crippen LogP contribution < -0.4 is 0 Å². The van der Waals surface area contributed by atoms with Crippen molar-refractivity contribution in [1.82, 2.24) is 9.13 Å². The Bertz CT molecular complexity index is 4400. The Morgan fingerprint density at radius 2 is 0.603 bits per heavy atom. The van der Waals surface area contributed by atoms with E-state index < -0.39 is 10.0 Å². The number of hydrogen-bond acceptors (Lipinski definition) is 0. The molecule has 2 nitrogen and oxygen atoms in total. The van der Waals surface area contributed by atoms with Crippen LogP contribution in [-0.2, 0) is 5.41 Å². The van der Waals surface area contributed by atoms with Gasteiger partial charge in [-0.15, -0.1) is 10.0 Å². The Balaban J connectivity index is 0.806. The van der Waals surface area contributed by atoms with Crippen molar-refractivity contribution in [2.45, 2.75) is 38.8 Å². The summed E-state index contributed by atoms with van der Waals surface area (Å²) in [6, 6.07) is 108. The highest BCUT2D eigenvalue weighted by Crippen LogP contribution is 2.73. The normalized spacial score (nSPS) is 13.1. The Labute approximate surface area is 457 Å². The highest BCUT2D eigenvalue weighted by atomic mass is 32.3. The number of rotatable bonds is 9. The smallest absolute Gasteiger partial charge is 0.0541 e. The van der Waals surface area contributed by atoms with Crippen LogP contribution in [0.5, 0.6) is 0 Å². The van der Waals surface area contributed by atoms with Gasteiger partial charge in [0.2, 0.25) is 0 Å². The summed E-state index contributed by atoms with van der Waals surface area (Å²) in [5.41, 5.74) is 19.5. The van der Waals surface area contributed by atoms with Gasteiger partial charge in [-0.25, -0.2) is 0 Å². The van der Waals surface area contributed by atoms with Crippen LogP contribution >= 0.6 is 10.0 Å². The summed E-state index contributed by atoms with van der Waals surface area (Å²) in [6.07, 6.45) is 0. The molecule has 2 heterocycles. The van der Waals surface area contributed by atoms with Gasteiger partial charge in [0.1, 0.15) is 0 Å². The lowest BCUT2D eigenvalue weighted by Gasteiger charge is -2.42. The average molecular weight is 1020 g/mol. The maximum Gasteiger partial charge on any atom is 0.0541 e. The van der Waals surface area contributed by atoms with Crippen molar-refractivity contribution >= 4 is 53.6 Å². The minimum Gasteiger partial charge on any atom is -0.309 e. The molecule has 0 radical (unpaired) electrons. The molecule has 14 aromatic rings. The lowest BCUT2D eigenvalue weighted by atomic mass is 9.81. The molecule has 12 aromatic carbocycles. The highest BCUT2D eigenvalue weighted by Gasteiger charge is 2.37. The largest absolute Gasteiger partial charge is 0.309 e. The molecule has 1 aliphatic carbocycles. The second-order valence-electron chi connectivity index (χ2n) is 21.3. The van der Waals surface area contributed by atoms with Crippen LogP contribution in [-0.4, -0.2) is 9.13 Å². The van der Waals surface area contributed by atoms with Gasteiger partial charge in [-0.2, -0.15) is 0 Å². The number of nitrogens with zero attached hydrogens (tertiary/aromatic N) is 2. The second kappa shape index (κ2) is 18.1. The van der Waals surface area contributed by atoms with Crippen LogP contribution in [0.2, 0.25) is 0 Å². The summed E-state index contributed by atoms with van der Waals surface area (Å²) < 4.78 is 4.93. The minimum atomic E-state index is -1.81. The zero-order valence-electron chi connectivity index (χ0n) is 43.5. The standard InChI is InChI=1S/C75H54N2S/c1-75(2)69-49-56(32-41-63(69)64-42-38-58(50-70(64)75)77-73-43-33-53(51-20-8-3-9-21-51)46-67(73)68-47-54(34-44-74(68)77)52-22-10-4-11-23-52)55-35-45-72-66(48-55)65-30-18-19-31-71(65)76(72)57-36-39-62(40-37-57)78(59-24-12-5-13-25-59,60-26-14-6-15-27-60)61-28-16-7-17-29-61/h3-50H,1-2H3. The lowest BCUT2D eigenvalue weighted by molar-refractivity contribution is 0.660. The third-order valence-corrected chi connectivity index (χ3v) is 20.6. The van der Waals surface area contributed by atoms with E-state index in [1.807, 2.05) is 0 Å². The van der Waals surface area contributed by atoms with Crippen LogP contribution in [0.3, 0.4) is 0 Å². The summed E-state index contributed by atoms with van der Waals surface area (Å²) in [6.45, 7) is 4.81. The number of benzene rings is 12. The van der Waals surface area contributed by atoms with E-state index in [1.54, 1.807) is 0 Å². The van der Waals surface area contributed by atoms with E-state index in [-0.39, 0.29) is 5.41 Å².